The Balaban J connectivity index is 0.897. The summed E-state index contributed by atoms with van der Waals surface area (Å²) in [5.41, 5.74) is 0.430. The van der Waals surface area contributed by atoms with E-state index in [1.54, 1.807) is 0 Å². The molecule has 0 aromatic rings. The van der Waals surface area contributed by atoms with Crippen LogP contribution in [0.15, 0.2) is 23.3 Å². The van der Waals surface area contributed by atoms with E-state index in [-0.39, 0.29) is 36.0 Å². The van der Waals surface area contributed by atoms with Crippen LogP contribution in [0.2, 0.25) is 0 Å². The van der Waals surface area contributed by atoms with Crippen molar-refractivity contribution in [2.75, 3.05) is 13.2 Å². The molecule has 32 heteroatoms. The third-order valence-electron chi connectivity index (χ3n) is 22.4. The summed E-state index contributed by atoms with van der Waals surface area (Å²) in [5, 5.41) is 169. The monoisotopic (exact) mass is 1370 g/mol. The Morgan fingerprint density at radius 2 is 1.07 bits per heavy atom. The molecule has 6 heterocycles. The van der Waals surface area contributed by atoms with Gasteiger partial charge in [0.1, 0.15) is 116 Å². The fourth-order valence-corrected chi connectivity index (χ4v) is 17.5. The van der Waals surface area contributed by atoms with Gasteiger partial charge in [-0.2, -0.15) is 8.42 Å². The summed E-state index contributed by atoms with van der Waals surface area (Å²) in [5.74, 6) is -0.539. The second-order valence-corrected chi connectivity index (χ2v) is 30.0. The minimum absolute atomic E-state index is 0.0483. The van der Waals surface area contributed by atoms with E-state index in [0.29, 0.717) is 32.1 Å². The average Bonchev–Trinajstić information content (AvgIpc) is 1.34. The highest BCUT2D eigenvalue weighted by Crippen LogP contribution is 2.67. The van der Waals surface area contributed by atoms with E-state index >= 15 is 0 Å². The lowest BCUT2D eigenvalue weighted by Gasteiger charge is -2.60. The second-order valence-electron chi connectivity index (χ2n) is 29.0. The lowest BCUT2D eigenvalue weighted by molar-refractivity contribution is -0.401. The Bertz CT molecular complexity index is 2710. The molecule has 4 aliphatic carbocycles. The number of hydrogen-bond acceptors (Lipinski definition) is 30. The summed E-state index contributed by atoms with van der Waals surface area (Å²) in [4.78, 5) is 0. The first-order valence-electron chi connectivity index (χ1n) is 33.0. The largest absolute Gasteiger partial charge is 0.397 e. The maximum Gasteiger partial charge on any atom is 0.397 e. The number of fused-ring (bicyclic) bond motifs is 5. The van der Waals surface area contributed by atoms with Crippen LogP contribution >= 0.6 is 0 Å². The fourth-order valence-electron chi connectivity index (χ4n) is 17.0. The zero-order valence-corrected chi connectivity index (χ0v) is 55.1. The van der Waals surface area contributed by atoms with Crippen LogP contribution in [0, 0.1) is 34.5 Å². The molecule has 6 saturated heterocycles. The van der Waals surface area contributed by atoms with E-state index in [2.05, 4.69) is 26.0 Å². The quantitative estimate of drug-likeness (QED) is 0.0450. The van der Waals surface area contributed by atoms with Gasteiger partial charge in [-0.05, 0) is 141 Å². The van der Waals surface area contributed by atoms with Crippen molar-refractivity contribution in [3.8, 4) is 0 Å². The molecule has 0 spiro atoms. The second kappa shape index (κ2) is 29.3. The van der Waals surface area contributed by atoms with Crippen molar-refractivity contribution in [2.45, 2.75) is 316 Å². The molecule has 0 unspecified atom stereocenters. The van der Waals surface area contributed by atoms with Crippen LogP contribution in [0.3, 0.4) is 0 Å². The van der Waals surface area contributed by atoms with Gasteiger partial charge in [0.25, 0.3) is 0 Å². The Labute approximate surface area is 546 Å². The number of allylic oxidation sites excluding steroid dienone is 4. The van der Waals surface area contributed by atoms with Gasteiger partial charge in [-0.15, -0.1) is 0 Å². The Hall–Kier alpha value is -1.73. The van der Waals surface area contributed by atoms with Gasteiger partial charge in [-0.1, -0.05) is 37.1 Å². The smallest absolute Gasteiger partial charge is 0.394 e. The van der Waals surface area contributed by atoms with Crippen LogP contribution in [0.4, 0.5) is 0 Å². The summed E-state index contributed by atoms with van der Waals surface area (Å²) in [6.45, 7) is 14.4. The van der Waals surface area contributed by atoms with Gasteiger partial charge in [-0.3, -0.25) is 4.55 Å². The maximum absolute atomic E-state index is 12.5. The first-order valence-corrected chi connectivity index (χ1v) is 34.4. The van der Waals surface area contributed by atoms with E-state index in [1.807, 2.05) is 20.8 Å². The zero-order valence-electron chi connectivity index (χ0n) is 54.3. The van der Waals surface area contributed by atoms with Gasteiger partial charge in [-0.25, -0.2) is 4.18 Å². The molecule has 9 fully saturated rings. The van der Waals surface area contributed by atoms with Crippen LogP contribution in [-0.4, -0.2) is 299 Å². The lowest BCUT2D eigenvalue weighted by Crippen LogP contribution is -2.67. The predicted molar refractivity (Wildman–Crippen MR) is 316 cm³/mol. The fraction of sp³-hybridized carbons (Fsp3) is 0.935. The standard InChI is InChI=1S/C62H102O31S/c1-23(2)11-10-16-62(9,77)36-13-12-30-29-20-33(32-19-28(93-94(78,79)80)14-17-60(32,7)31(29)15-18-61(30,36)8)86-56-48(75)51(40(67)26(5)83-56)90-58-52(91-54-46(73)43(70)37(64)24(3)82-54)42(69)35(22-81-58)88-59-53(45(72)38(65)25(4)85-59)92-57-49(76)50(39(66)27(6)84-57)89-55-47(74)44(71)41(68)34(21-63)87-55/h11,15,24-30,32-59,63-77H,10,12-14,16-22H2,1-9H3,(H,78,79,80)/t24-,25-,26-,27-,28+,29+,30+,32-,33+,34-,35-,36+,37-,38+,39+,40-,41+,42+,43+,44+,45+,46-,47-,48-,49-,50+,51+,52-,53-,54+,55+,56+,57+,58+,59+,60-,61+,62+/m1/s1. The zero-order chi connectivity index (χ0) is 68.7. The minimum atomic E-state index is -4.88. The molecule has 0 aromatic carbocycles. The molecule has 0 aromatic heterocycles. The highest BCUT2D eigenvalue weighted by atomic mass is 32.3. The maximum atomic E-state index is 12.5. The molecule has 31 nitrogen and oxygen atoms in total. The van der Waals surface area contributed by atoms with Crippen molar-refractivity contribution in [1.29, 1.82) is 0 Å². The third kappa shape index (κ3) is 14.8. The topological polar surface area (TPSA) is 478 Å². The molecule has 94 heavy (non-hydrogen) atoms. The van der Waals surface area contributed by atoms with Gasteiger partial charge in [0.15, 0.2) is 37.7 Å². The third-order valence-corrected chi connectivity index (χ3v) is 22.9. The van der Waals surface area contributed by atoms with E-state index in [1.165, 1.54) is 33.3 Å². The average molecular weight is 1380 g/mol. The van der Waals surface area contributed by atoms with Crippen LogP contribution in [0.1, 0.15) is 120 Å². The predicted octanol–water partition coefficient (Wildman–Crippen LogP) is -3.08. The van der Waals surface area contributed by atoms with Crippen molar-refractivity contribution in [1.82, 2.24) is 0 Å². The van der Waals surface area contributed by atoms with Gasteiger partial charge >= 0.3 is 10.4 Å². The summed E-state index contributed by atoms with van der Waals surface area (Å²) >= 11 is 0. The molecule has 6 aliphatic heterocycles. The van der Waals surface area contributed by atoms with E-state index in [9.17, 15) is 89.6 Å². The van der Waals surface area contributed by atoms with Gasteiger partial charge in [0, 0.05) is 0 Å². The minimum Gasteiger partial charge on any atom is -0.394 e. The van der Waals surface area contributed by atoms with Gasteiger partial charge in [0.2, 0.25) is 0 Å². The van der Waals surface area contributed by atoms with E-state index in [4.69, 9.17) is 61.0 Å². The molecule has 3 saturated carbocycles. The number of ether oxygens (including phenoxy) is 12. The van der Waals surface area contributed by atoms with Crippen LogP contribution in [-0.2, 0) is 71.4 Å². The molecule has 16 N–H and O–H groups in total. The van der Waals surface area contributed by atoms with Crippen molar-refractivity contribution < 1.29 is 151 Å². The van der Waals surface area contributed by atoms with Crippen molar-refractivity contribution >= 4 is 10.4 Å². The summed E-state index contributed by atoms with van der Waals surface area (Å²) in [6, 6.07) is 0. The highest BCUT2D eigenvalue weighted by Gasteiger charge is 2.64. The molecular formula is C62H102O31S. The van der Waals surface area contributed by atoms with Crippen molar-refractivity contribution in [2.24, 2.45) is 34.5 Å². The Morgan fingerprint density at radius 1 is 0.574 bits per heavy atom. The van der Waals surface area contributed by atoms with Crippen LogP contribution in [0.5, 0.6) is 0 Å². The van der Waals surface area contributed by atoms with Gasteiger partial charge < -0.3 is 133 Å². The first kappa shape index (κ1) is 74.9. The van der Waals surface area contributed by atoms with Gasteiger partial charge in [0.05, 0.1) is 55.4 Å². The summed E-state index contributed by atoms with van der Waals surface area (Å²) in [7, 11) is -4.88. The molecule has 10 rings (SSSR count). The normalized spacial score (nSPS) is 52.4. The number of rotatable bonds is 19. The Kier molecular flexibility index (Phi) is 23.4. The van der Waals surface area contributed by atoms with E-state index < -0.39 is 231 Å². The number of hydrogen-bond donors (Lipinski definition) is 16. The molecule has 10 aliphatic rings. The van der Waals surface area contributed by atoms with Crippen molar-refractivity contribution in [3.05, 3.63) is 23.3 Å². The molecule has 542 valence electrons. The number of aliphatic hydroxyl groups excluding tert-OH is 14. The van der Waals surface area contributed by atoms with Crippen LogP contribution in [0.25, 0.3) is 0 Å². The van der Waals surface area contributed by atoms with Crippen molar-refractivity contribution in [3.63, 3.8) is 0 Å². The highest BCUT2D eigenvalue weighted by molar-refractivity contribution is 7.80. The molecule has 0 amide bonds. The summed E-state index contributed by atoms with van der Waals surface area (Å²) < 4.78 is 113. The molecule has 0 bridgehead atoms. The molecular weight excluding hydrogens is 1270 g/mol. The van der Waals surface area contributed by atoms with E-state index in [0.717, 1.165) is 18.4 Å². The molecule has 38 atom stereocenters. The lowest BCUT2D eigenvalue weighted by atomic mass is 9.47. The molecule has 0 radical (unpaired) electrons. The number of aliphatic hydroxyl groups is 15. The first-order chi connectivity index (χ1) is 44.0. The van der Waals surface area contributed by atoms with Crippen LogP contribution < -0.4 is 0 Å². The SMILES string of the molecule is CC(C)=CCC[C@](C)(O)[C@H]1CC[C@H]2[C@@H]3C[C@H](O[C@@H]4O[C@H](C)[C@@H](O)[C@H](O[C@@H]5OC[C@@H](O[C@@H]6O[C@H](C)[C@H](O)[C@H](O)[C@H]6O[C@@H]6O[C@H](C)[C@H](O)[C@H](O[C@@H]7O[C@H](CO)[C@H](O)[C@H](O)[C@H]7O)[C@H]6O)[C@H](O)[C@H]5O[C@@H]5O[C@H](C)[C@@H](O)[C@H](O)[C@H]5O)[C@H]4O)[C@H]4C[C@@H](OS(=O)(=O)O)CC[C@]4(C)C3=CC[C@@]21C. The summed E-state index contributed by atoms with van der Waals surface area (Å²) in [6.07, 6.45) is -42.5. The Morgan fingerprint density at radius 3 is 1.66 bits per heavy atom.